The SMILES string of the molecule is Nc1nc(N)c(N)c(N2CCN(C(=O)COc3ccccc3)CC2)n1. The third-order valence-electron chi connectivity index (χ3n) is 4.01. The molecule has 9 nitrogen and oxygen atoms in total. The monoisotopic (exact) mass is 343 g/mol. The van der Waals surface area contributed by atoms with Crippen molar-refractivity contribution in [2.24, 2.45) is 0 Å². The normalized spacial score (nSPS) is 14.4. The maximum Gasteiger partial charge on any atom is 0.260 e. The Morgan fingerprint density at radius 3 is 2.40 bits per heavy atom. The smallest absolute Gasteiger partial charge is 0.260 e. The number of nitrogens with zero attached hydrogens (tertiary/aromatic N) is 4. The topological polar surface area (TPSA) is 137 Å². The van der Waals surface area contributed by atoms with E-state index in [1.54, 1.807) is 4.90 Å². The zero-order valence-corrected chi connectivity index (χ0v) is 13.8. The van der Waals surface area contributed by atoms with Crippen LogP contribution in [0.5, 0.6) is 5.75 Å². The number of hydrogen-bond donors (Lipinski definition) is 3. The lowest BCUT2D eigenvalue weighted by Gasteiger charge is -2.35. The van der Waals surface area contributed by atoms with Gasteiger partial charge in [0, 0.05) is 26.2 Å². The highest BCUT2D eigenvalue weighted by molar-refractivity contribution is 5.79. The minimum absolute atomic E-state index is 0.0134. The number of aromatic nitrogens is 2. The average Bonchev–Trinajstić information content (AvgIpc) is 2.63. The number of nitrogen functional groups attached to an aromatic ring is 3. The Balaban J connectivity index is 1.56. The quantitative estimate of drug-likeness (QED) is 0.703. The van der Waals surface area contributed by atoms with Crippen LogP contribution >= 0.6 is 0 Å². The third-order valence-corrected chi connectivity index (χ3v) is 4.01. The molecule has 1 aromatic carbocycles. The number of amides is 1. The summed E-state index contributed by atoms with van der Waals surface area (Å²) in [6.45, 7) is 2.26. The third kappa shape index (κ3) is 3.82. The molecule has 0 atom stereocenters. The summed E-state index contributed by atoms with van der Waals surface area (Å²) in [6, 6.07) is 9.26. The molecule has 0 aliphatic carbocycles. The van der Waals surface area contributed by atoms with E-state index >= 15 is 0 Å². The Labute approximate surface area is 145 Å². The molecule has 132 valence electrons. The standard InChI is InChI=1S/C16H21N7O2/c17-13-14(18)20-16(19)21-15(13)23-8-6-22(7-9-23)12(24)10-25-11-4-2-1-3-5-11/h1-5H,6-10,17H2,(H4,18,19,20,21). The van der Waals surface area contributed by atoms with E-state index in [4.69, 9.17) is 21.9 Å². The van der Waals surface area contributed by atoms with Crippen molar-refractivity contribution >= 4 is 29.2 Å². The molecule has 1 aliphatic rings. The first-order valence-electron chi connectivity index (χ1n) is 7.93. The van der Waals surface area contributed by atoms with Gasteiger partial charge >= 0.3 is 0 Å². The van der Waals surface area contributed by atoms with Gasteiger partial charge in [-0.3, -0.25) is 4.79 Å². The van der Waals surface area contributed by atoms with Crippen molar-refractivity contribution < 1.29 is 9.53 Å². The van der Waals surface area contributed by atoms with E-state index in [-0.39, 0.29) is 24.3 Å². The van der Waals surface area contributed by atoms with Crippen LogP contribution in [-0.4, -0.2) is 53.6 Å². The van der Waals surface area contributed by atoms with Crippen LogP contribution in [0.2, 0.25) is 0 Å². The second kappa shape index (κ2) is 7.12. The minimum atomic E-state index is -0.0572. The zero-order valence-electron chi connectivity index (χ0n) is 13.8. The van der Waals surface area contributed by atoms with Crippen LogP contribution in [0.15, 0.2) is 30.3 Å². The highest BCUT2D eigenvalue weighted by Crippen LogP contribution is 2.26. The van der Waals surface area contributed by atoms with Gasteiger partial charge in [0.15, 0.2) is 18.2 Å². The van der Waals surface area contributed by atoms with Gasteiger partial charge < -0.3 is 31.7 Å². The Kier molecular flexibility index (Phi) is 4.73. The molecule has 6 N–H and O–H groups in total. The average molecular weight is 343 g/mol. The van der Waals surface area contributed by atoms with Crippen LogP contribution in [0.3, 0.4) is 0 Å². The van der Waals surface area contributed by atoms with E-state index in [0.717, 1.165) is 0 Å². The van der Waals surface area contributed by atoms with Gasteiger partial charge in [0.1, 0.15) is 11.4 Å². The van der Waals surface area contributed by atoms with Crippen LogP contribution in [0.25, 0.3) is 0 Å². The summed E-state index contributed by atoms with van der Waals surface area (Å²) in [6.07, 6.45) is 0. The van der Waals surface area contributed by atoms with Crippen LogP contribution < -0.4 is 26.8 Å². The summed E-state index contributed by atoms with van der Waals surface area (Å²) in [5.41, 5.74) is 17.6. The van der Waals surface area contributed by atoms with E-state index in [2.05, 4.69) is 9.97 Å². The lowest BCUT2D eigenvalue weighted by Crippen LogP contribution is -2.50. The molecule has 1 saturated heterocycles. The number of carbonyl (C=O) groups is 1. The van der Waals surface area contributed by atoms with Crippen LogP contribution in [-0.2, 0) is 4.79 Å². The Morgan fingerprint density at radius 1 is 1.04 bits per heavy atom. The number of piperazine rings is 1. The fourth-order valence-corrected chi connectivity index (χ4v) is 2.65. The summed E-state index contributed by atoms with van der Waals surface area (Å²) < 4.78 is 5.50. The molecule has 9 heteroatoms. The first-order valence-corrected chi connectivity index (χ1v) is 7.93. The maximum absolute atomic E-state index is 12.3. The second-order valence-electron chi connectivity index (χ2n) is 5.67. The van der Waals surface area contributed by atoms with Crippen molar-refractivity contribution in [2.45, 2.75) is 0 Å². The van der Waals surface area contributed by atoms with E-state index < -0.39 is 0 Å². The van der Waals surface area contributed by atoms with Gasteiger partial charge in [-0.15, -0.1) is 0 Å². The van der Waals surface area contributed by atoms with E-state index in [0.29, 0.717) is 43.4 Å². The van der Waals surface area contributed by atoms with E-state index in [1.165, 1.54) is 0 Å². The Hall–Kier alpha value is -3.23. The molecule has 0 bridgehead atoms. The number of rotatable bonds is 4. The maximum atomic E-state index is 12.3. The fraction of sp³-hybridized carbons (Fsp3) is 0.312. The zero-order chi connectivity index (χ0) is 17.8. The highest BCUT2D eigenvalue weighted by atomic mass is 16.5. The number of hydrogen-bond acceptors (Lipinski definition) is 8. The number of anilines is 4. The molecule has 3 rings (SSSR count). The number of ether oxygens (including phenoxy) is 1. The van der Waals surface area contributed by atoms with Crippen LogP contribution in [0, 0.1) is 0 Å². The summed E-state index contributed by atoms with van der Waals surface area (Å²) >= 11 is 0. The molecule has 0 saturated carbocycles. The Bertz CT molecular complexity index is 746. The van der Waals surface area contributed by atoms with Gasteiger partial charge in [0.25, 0.3) is 5.91 Å². The highest BCUT2D eigenvalue weighted by Gasteiger charge is 2.24. The molecule has 2 heterocycles. The van der Waals surface area contributed by atoms with Gasteiger partial charge in [-0.25, -0.2) is 0 Å². The number of carbonyl (C=O) groups excluding carboxylic acids is 1. The van der Waals surface area contributed by atoms with Crippen LogP contribution in [0.4, 0.5) is 23.3 Å². The molecule has 1 fully saturated rings. The molecule has 0 radical (unpaired) electrons. The molecule has 2 aromatic rings. The number of nitrogens with two attached hydrogens (primary N) is 3. The van der Waals surface area contributed by atoms with Crippen molar-refractivity contribution in [3.63, 3.8) is 0 Å². The lowest BCUT2D eigenvalue weighted by molar-refractivity contribution is -0.133. The fourth-order valence-electron chi connectivity index (χ4n) is 2.65. The number of para-hydroxylation sites is 1. The molecule has 0 spiro atoms. The largest absolute Gasteiger partial charge is 0.484 e. The first-order chi connectivity index (χ1) is 12.0. The molecular weight excluding hydrogens is 322 g/mol. The van der Waals surface area contributed by atoms with E-state index in [9.17, 15) is 4.79 Å². The van der Waals surface area contributed by atoms with Gasteiger partial charge in [-0.05, 0) is 12.1 Å². The van der Waals surface area contributed by atoms with Gasteiger partial charge in [0.05, 0.1) is 0 Å². The molecule has 1 aromatic heterocycles. The molecular formula is C16H21N7O2. The molecule has 0 unspecified atom stereocenters. The summed E-state index contributed by atoms with van der Waals surface area (Å²) in [5, 5.41) is 0. The van der Waals surface area contributed by atoms with E-state index in [1.807, 2.05) is 35.2 Å². The number of benzene rings is 1. The van der Waals surface area contributed by atoms with Gasteiger partial charge in [0.2, 0.25) is 5.95 Å². The first kappa shape index (κ1) is 16.6. The van der Waals surface area contributed by atoms with Gasteiger partial charge in [-0.2, -0.15) is 9.97 Å². The van der Waals surface area contributed by atoms with Crippen molar-refractivity contribution in [1.29, 1.82) is 0 Å². The minimum Gasteiger partial charge on any atom is -0.484 e. The predicted molar refractivity (Wildman–Crippen MR) is 96.0 cm³/mol. The van der Waals surface area contributed by atoms with Crippen molar-refractivity contribution in [2.75, 3.05) is 54.9 Å². The second-order valence-corrected chi connectivity index (χ2v) is 5.67. The molecule has 1 amide bonds. The lowest BCUT2D eigenvalue weighted by atomic mass is 10.3. The van der Waals surface area contributed by atoms with Crippen LogP contribution in [0.1, 0.15) is 0 Å². The summed E-state index contributed by atoms with van der Waals surface area (Å²) in [7, 11) is 0. The summed E-state index contributed by atoms with van der Waals surface area (Å²) in [5.74, 6) is 1.37. The Morgan fingerprint density at radius 2 is 1.72 bits per heavy atom. The van der Waals surface area contributed by atoms with Crippen molar-refractivity contribution in [3.8, 4) is 5.75 Å². The molecule has 1 aliphatic heterocycles. The predicted octanol–water partition coefficient (Wildman–Crippen LogP) is -0.0492. The molecule has 25 heavy (non-hydrogen) atoms. The summed E-state index contributed by atoms with van der Waals surface area (Å²) in [4.78, 5) is 24.0. The van der Waals surface area contributed by atoms with Crippen molar-refractivity contribution in [3.05, 3.63) is 30.3 Å². The van der Waals surface area contributed by atoms with Gasteiger partial charge in [-0.1, -0.05) is 18.2 Å². The van der Waals surface area contributed by atoms with Crippen molar-refractivity contribution in [1.82, 2.24) is 14.9 Å².